The molecule has 3 unspecified atom stereocenters. The molecule has 0 aromatic rings. The van der Waals surface area contributed by atoms with Gasteiger partial charge < -0.3 is 4.90 Å². The van der Waals surface area contributed by atoms with Crippen molar-refractivity contribution in [1.82, 2.24) is 10.2 Å². The van der Waals surface area contributed by atoms with Gasteiger partial charge in [-0.3, -0.25) is 14.3 Å². The highest BCUT2D eigenvalue weighted by Crippen LogP contribution is 2.15. The van der Waals surface area contributed by atoms with E-state index in [-0.39, 0.29) is 18.1 Å². The molecule has 0 aromatic carbocycles. The van der Waals surface area contributed by atoms with Crippen molar-refractivity contribution in [1.29, 1.82) is 0 Å². The summed E-state index contributed by atoms with van der Waals surface area (Å²) in [6.45, 7) is 4.82. The van der Waals surface area contributed by atoms with Crippen LogP contribution in [-0.4, -0.2) is 45.8 Å². The van der Waals surface area contributed by atoms with Crippen molar-refractivity contribution in [3.63, 3.8) is 0 Å². The number of carbonyl (C=O) groups is 1. The zero-order valence-electron chi connectivity index (χ0n) is 10.4. The van der Waals surface area contributed by atoms with Gasteiger partial charge in [0, 0.05) is 29.4 Å². The van der Waals surface area contributed by atoms with Crippen LogP contribution < -0.4 is 5.32 Å². The van der Waals surface area contributed by atoms with Gasteiger partial charge in [-0.15, -0.1) is 0 Å². The zero-order chi connectivity index (χ0) is 12.1. The van der Waals surface area contributed by atoms with E-state index in [4.69, 9.17) is 0 Å². The van der Waals surface area contributed by atoms with Crippen LogP contribution in [0.25, 0.3) is 0 Å². The average Bonchev–Trinajstić information content (AvgIpc) is 2.55. The molecule has 1 N–H and O–H groups in total. The quantitative estimate of drug-likeness (QED) is 0.750. The molecule has 0 aliphatic carbocycles. The standard InChI is InChI=1S/C11H22N2O2S/c1-4-9-11(14)13(10(5-2)12-9)7-6-8-16(3)15/h9-10,12H,4-8H2,1-3H3. The molecule has 0 aromatic heterocycles. The topological polar surface area (TPSA) is 49.4 Å². The molecule has 1 heterocycles. The molecule has 1 fully saturated rings. The molecule has 1 amide bonds. The molecule has 16 heavy (non-hydrogen) atoms. The van der Waals surface area contributed by atoms with Gasteiger partial charge in [0.2, 0.25) is 5.91 Å². The van der Waals surface area contributed by atoms with Crippen LogP contribution in [0.15, 0.2) is 0 Å². The average molecular weight is 246 g/mol. The number of rotatable bonds is 6. The van der Waals surface area contributed by atoms with Crippen molar-refractivity contribution in [2.24, 2.45) is 0 Å². The van der Waals surface area contributed by atoms with Crippen LogP contribution in [0.5, 0.6) is 0 Å². The van der Waals surface area contributed by atoms with Crippen LogP contribution in [0.1, 0.15) is 33.1 Å². The fraction of sp³-hybridized carbons (Fsp3) is 0.909. The minimum atomic E-state index is -0.759. The highest BCUT2D eigenvalue weighted by Gasteiger charge is 2.35. The summed E-state index contributed by atoms with van der Waals surface area (Å²) in [7, 11) is -0.759. The first-order valence-electron chi connectivity index (χ1n) is 5.96. The second-order valence-corrected chi connectivity index (χ2v) is 5.77. The molecule has 1 saturated heterocycles. The Morgan fingerprint density at radius 1 is 1.38 bits per heavy atom. The van der Waals surface area contributed by atoms with Gasteiger partial charge in [0.1, 0.15) is 0 Å². The Kier molecular flexibility index (Phi) is 5.41. The van der Waals surface area contributed by atoms with E-state index in [0.29, 0.717) is 5.75 Å². The SMILES string of the molecule is CCC1NC(CC)N(CCCS(C)=O)C1=O. The minimum Gasteiger partial charge on any atom is -0.326 e. The Bertz CT molecular complexity index is 271. The summed E-state index contributed by atoms with van der Waals surface area (Å²) in [5.74, 6) is 0.882. The van der Waals surface area contributed by atoms with E-state index >= 15 is 0 Å². The van der Waals surface area contributed by atoms with Gasteiger partial charge in [-0.05, 0) is 19.3 Å². The smallest absolute Gasteiger partial charge is 0.241 e. The Morgan fingerprint density at radius 3 is 2.56 bits per heavy atom. The first-order valence-corrected chi connectivity index (χ1v) is 7.69. The van der Waals surface area contributed by atoms with E-state index in [9.17, 15) is 9.00 Å². The van der Waals surface area contributed by atoms with Crippen LogP contribution in [0.3, 0.4) is 0 Å². The Balaban J connectivity index is 2.49. The van der Waals surface area contributed by atoms with Gasteiger partial charge in [-0.1, -0.05) is 13.8 Å². The molecule has 1 aliphatic heterocycles. The number of carbonyl (C=O) groups excluding carboxylic acids is 1. The van der Waals surface area contributed by atoms with Crippen molar-refractivity contribution < 1.29 is 9.00 Å². The summed E-state index contributed by atoms with van der Waals surface area (Å²) in [6, 6.07) is -0.0166. The second kappa shape index (κ2) is 6.35. The second-order valence-electron chi connectivity index (χ2n) is 4.21. The third-order valence-electron chi connectivity index (χ3n) is 2.98. The summed E-state index contributed by atoms with van der Waals surface area (Å²) in [6.07, 6.45) is 4.46. The van der Waals surface area contributed by atoms with Crippen molar-refractivity contribution >= 4 is 16.7 Å². The third-order valence-corrected chi connectivity index (χ3v) is 3.84. The molecular weight excluding hydrogens is 224 g/mol. The maximum absolute atomic E-state index is 12.0. The van der Waals surface area contributed by atoms with E-state index in [2.05, 4.69) is 12.2 Å². The van der Waals surface area contributed by atoms with Crippen molar-refractivity contribution in [3.8, 4) is 0 Å². The lowest BCUT2D eigenvalue weighted by Crippen LogP contribution is -2.37. The van der Waals surface area contributed by atoms with Gasteiger partial charge >= 0.3 is 0 Å². The molecule has 0 spiro atoms. The summed E-state index contributed by atoms with van der Waals surface area (Å²) >= 11 is 0. The van der Waals surface area contributed by atoms with E-state index in [1.807, 2.05) is 11.8 Å². The van der Waals surface area contributed by atoms with Crippen LogP contribution in [-0.2, 0) is 15.6 Å². The van der Waals surface area contributed by atoms with Crippen LogP contribution >= 0.6 is 0 Å². The first kappa shape index (κ1) is 13.6. The molecule has 1 rings (SSSR count). The Labute approximate surface area is 100 Å². The Hall–Kier alpha value is -0.420. The molecule has 94 valence electrons. The summed E-state index contributed by atoms with van der Waals surface area (Å²) in [4.78, 5) is 13.9. The highest BCUT2D eigenvalue weighted by atomic mass is 32.2. The number of nitrogens with zero attached hydrogens (tertiary/aromatic N) is 1. The van der Waals surface area contributed by atoms with E-state index in [1.165, 1.54) is 0 Å². The van der Waals surface area contributed by atoms with Gasteiger partial charge in [0.25, 0.3) is 0 Å². The highest BCUT2D eigenvalue weighted by molar-refractivity contribution is 7.84. The predicted molar refractivity (Wildman–Crippen MR) is 66.6 cm³/mol. The van der Waals surface area contributed by atoms with E-state index < -0.39 is 10.8 Å². The van der Waals surface area contributed by atoms with E-state index in [0.717, 1.165) is 25.8 Å². The van der Waals surface area contributed by atoms with E-state index in [1.54, 1.807) is 6.26 Å². The Morgan fingerprint density at radius 2 is 2.06 bits per heavy atom. The lowest BCUT2D eigenvalue weighted by molar-refractivity contribution is -0.130. The maximum atomic E-state index is 12.0. The summed E-state index contributed by atoms with van der Waals surface area (Å²) < 4.78 is 11.0. The van der Waals surface area contributed by atoms with Crippen LogP contribution in [0.4, 0.5) is 0 Å². The van der Waals surface area contributed by atoms with Crippen LogP contribution in [0.2, 0.25) is 0 Å². The lowest BCUT2D eigenvalue weighted by atomic mass is 10.2. The number of hydrogen-bond donors (Lipinski definition) is 1. The fourth-order valence-electron chi connectivity index (χ4n) is 2.08. The molecule has 0 bridgehead atoms. The summed E-state index contributed by atoms with van der Waals surface area (Å²) in [5, 5.41) is 3.33. The zero-order valence-corrected chi connectivity index (χ0v) is 11.2. The number of amides is 1. The molecule has 3 atom stereocenters. The third kappa shape index (κ3) is 3.28. The first-order chi connectivity index (χ1) is 7.60. The van der Waals surface area contributed by atoms with Gasteiger partial charge in [-0.25, -0.2) is 0 Å². The largest absolute Gasteiger partial charge is 0.326 e. The predicted octanol–water partition coefficient (Wildman–Crippen LogP) is 0.702. The fourth-order valence-corrected chi connectivity index (χ4v) is 2.62. The molecule has 1 aliphatic rings. The molecule has 5 heteroatoms. The minimum absolute atomic E-state index is 0.0166. The maximum Gasteiger partial charge on any atom is 0.241 e. The number of nitrogens with one attached hydrogen (secondary N) is 1. The van der Waals surface area contributed by atoms with Gasteiger partial charge in [0.05, 0.1) is 12.2 Å². The summed E-state index contributed by atoms with van der Waals surface area (Å²) in [5.41, 5.74) is 0. The normalized spacial score (nSPS) is 27.4. The molecule has 4 nitrogen and oxygen atoms in total. The molecule has 0 radical (unpaired) electrons. The molecule has 0 saturated carbocycles. The lowest BCUT2D eigenvalue weighted by Gasteiger charge is -2.22. The van der Waals surface area contributed by atoms with Gasteiger partial charge in [-0.2, -0.15) is 0 Å². The van der Waals surface area contributed by atoms with Crippen molar-refractivity contribution in [2.45, 2.75) is 45.3 Å². The molecular formula is C11H22N2O2S. The number of hydrogen-bond acceptors (Lipinski definition) is 3. The van der Waals surface area contributed by atoms with Crippen molar-refractivity contribution in [3.05, 3.63) is 0 Å². The monoisotopic (exact) mass is 246 g/mol. The van der Waals surface area contributed by atoms with Crippen LogP contribution in [0, 0.1) is 0 Å². The van der Waals surface area contributed by atoms with Gasteiger partial charge in [0.15, 0.2) is 0 Å². The van der Waals surface area contributed by atoms with Crippen molar-refractivity contribution in [2.75, 3.05) is 18.6 Å².